The largest absolute Gasteiger partial charge is 0.455 e. The van der Waals surface area contributed by atoms with Crippen molar-refractivity contribution in [3.05, 3.63) is 199 Å². The van der Waals surface area contributed by atoms with Gasteiger partial charge in [-0.3, -0.25) is 0 Å². The van der Waals surface area contributed by atoms with E-state index in [0.717, 1.165) is 61.2 Å². The molecule has 12 rings (SSSR count). The van der Waals surface area contributed by atoms with Gasteiger partial charge in [-0.1, -0.05) is 170 Å². The molecule has 1 aliphatic rings. The minimum Gasteiger partial charge on any atom is -0.455 e. The molecule has 8 aromatic carbocycles. The maximum absolute atomic E-state index is 6.57. The van der Waals surface area contributed by atoms with Crippen LogP contribution in [-0.4, -0.2) is 16.1 Å². The molecule has 0 amide bonds. The number of aromatic nitrogens is 1. The van der Waals surface area contributed by atoms with Crippen LogP contribution in [0.1, 0.15) is 22.9 Å². The summed E-state index contributed by atoms with van der Waals surface area (Å²) in [5, 5.41) is 10.8. The second-order valence-electron chi connectivity index (χ2n) is 14.5. The van der Waals surface area contributed by atoms with E-state index in [2.05, 4.69) is 161 Å². The van der Waals surface area contributed by atoms with Crippen LogP contribution in [0, 0.1) is 0 Å². The lowest BCUT2D eigenvalue weighted by molar-refractivity contribution is 0.670. The van der Waals surface area contributed by atoms with Gasteiger partial charge in [0.05, 0.1) is 16.6 Å². The number of amidine groups is 2. The number of fused-ring (bicyclic) bond motifs is 9. The molecule has 262 valence electrons. The molecule has 3 aromatic heterocycles. The van der Waals surface area contributed by atoms with Gasteiger partial charge in [0, 0.05) is 54.6 Å². The summed E-state index contributed by atoms with van der Waals surface area (Å²) >= 11 is 0. The minimum absolute atomic E-state index is 0.246. The lowest BCUT2D eigenvalue weighted by Gasteiger charge is -2.23. The van der Waals surface area contributed by atoms with Gasteiger partial charge in [-0.2, -0.15) is 0 Å². The van der Waals surface area contributed by atoms with Crippen LogP contribution in [0.25, 0.3) is 82.3 Å². The van der Waals surface area contributed by atoms with Crippen LogP contribution in [-0.2, 0) is 0 Å². The van der Waals surface area contributed by atoms with Gasteiger partial charge in [0.2, 0.25) is 0 Å². The van der Waals surface area contributed by atoms with Gasteiger partial charge in [0.1, 0.15) is 23.2 Å². The fourth-order valence-electron chi connectivity index (χ4n) is 8.89. The van der Waals surface area contributed by atoms with Crippen molar-refractivity contribution in [2.24, 2.45) is 9.98 Å². The van der Waals surface area contributed by atoms with Gasteiger partial charge in [0.25, 0.3) is 0 Å². The number of nitrogens with zero attached hydrogens (tertiary/aromatic N) is 3. The van der Waals surface area contributed by atoms with E-state index in [0.29, 0.717) is 5.84 Å². The highest BCUT2D eigenvalue weighted by molar-refractivity contribution is 6.29. The average Bonchev–Trinajstić information content (AvgIpc) is 3.94. The second kappa shape index (κ2) is 12.0. The molecule has 1 N–H and O–H groups in total. The summed E-state index contributed by atoms with van der Waals surface area (Å²) < 4.78 is 9.06. The highest BCUT2D eigenvalue weighted by atomic mass is 16.3. The second-order valence-corrected chi connectivity index (χ2v) is 14.5. The van der Waals surface area contributed by atoms with Gasteiger partial charge >= 0.3 is 0 Å². The molecule has 1 aliphatic heterocycles. The Morgan fingerprint density at radius 1 is 0.464 bits per heavy atom. The SMILES string of the molecule is c1ccc(C2=NC(c3ccc(-c4ccc5c6cccc(-c7cccc8c7oc7ccccc78)c6n6c7ccccc7c4c56)cc3)=NC(c3ccccc3)N2)cc1. The van der Waals surface area contributed by atoms with E-state index in [1.165, 1.54) is 43.7 Å². The van der Waals surface area contributed by atoms with Crippen molar-refractivity contribution in [1.82, 2.24) is 9.72 Å². The Morgan fingerprint density at radius 2 is 1.12 bits per heavy atom. The number of aliphatic imine (C=N–C) groups is 2. The van der Waals surface area contributed by atoms with Gasteiger partial charge < -0.3 is 14.1 Å². The molecule has 0 aliphatic carbocycles. The quantitative estimate of drug-likeness (QED) is 0.193. The third-order valence-corrected chi connectivity index (χ3v) is 11.4. The first-order valence-electron chi connectivity index (χ1n) is 19.0. The molecule has 1 unspecified atom stereocenters. The zero-order valence-electron chi connectivity index (χ0n) is 30.1. The van der Waals surface area contributed by atoms with E-state index in [4.69, 9.17) is 14.4 Å². The van der Waals surface area contributed by atoms with Crippen LogP contribution in [0.15, 0.2) is 196 Å². The highest BCUT2D eigenvalue weighted by Crippen LogP contribution is 2.47. The fraction of sp³-hybridized carbons (Fsp3) is 0.0196. The molecular weight excluding hydrogens is 685 g/mol. The number of nitrogens with one attached hydrogen (secondary N) is 1. The van der Waals surface area contributed by atoms with Crippen LogP contribution >= 0.6 is 0 Å². The molecular formula is C51H32N4O. The average molecular weight is 717 g/mol. The normalized spacial score (nSPS) is 14.6. The summed E-state index contributed by atoms with van der Waals surface area (Å²) in [4.78, 5) is 10.2. The molecule has 5 nitrogen and oxygen atoms in total. The number of furan rings is 1. The molecule has 0 radical (unpaired) electrons. The van der Waals surface area contributed by atoms with Crippen LogP contribution < -0.4 is 5.32 Å². The molecule has 56 heavy (non-hydrogen) atoms. The van der Waals surface area contributed by atoms with E-state index in [-0.39, 0.29) is 6.17 Å². The summed E-state index contributed by atoms with van der Waals surface area (Å²) in [6.45, 7) is 0. The number of para-hydroxylation sites is 4. The van der Waals surface area contributed by atoms with Crippen LogP contribution in [0.5, 0.6) is 0 Å². The zero-order valence-corrected chi connectivity index (χ0v) is 30.1. The summed E-state index contributed by atoms with van der Waals surface area (Å²) in [5.74, 6) is 1.52. The van der Waals surface area contributed by atoms with Gasteiger partial charge in [-0.05, 0) is 28.8 Å². The molecule has 0 spiro atoms. The van der Waals surface area contributed by atoms with Crippen molar-refractivity contribution in [3.63, 3.8) is 0 Å². The summed E-state index contributed by atoms with van der Waals surface area (Å²) in [6.07, 6.45) is -0.246. The Kier molecular flexibility index (Phi) is 6.63. The summed E-state index contributed by atoms with van der Waals surface area (Å²) in [6, 6.07) is 64.3. The molecule has 5 heteroatoms. The van der Waals surface area contributed by atoms with Crippen molar-refractivity contribution in [2.75, 3.05) is 0 Å². The molecule has 0 bridgehead atoms. The van der Waals surface area contributed by atoms with Gasteiger partial charge in [-0.15, -0.1) is 0 Å². The molecule has 1 atom stereocenters. The number of hydrogen-bond acceptors (Lipinski definition) is 4. The third kappa shape index (κ3) is 4.55. The summed E-state index contributed by atoms with van der Waals surface area (Å²) in [7, 11) is 0. The first-order chi connectivity index (χ1) is 27.8. The lowest BCUT2D eigenvalue weighted by atomic mass is 9.95. The Labute approximate surface area is 321 Å². The molecule has 0 saturated heterocycles. The van der Waals surface area contributed by atoms with Gasteiger partial charge in [-0.25, -0.2) is 9.98 Å². The number of rotatable bonds is 5. The van der Waals surface area contributed by atoms with Crippen molar-refractivity contribution >= 4 is 71.7 Å². The van der Waals surface area contributed by atoms with Crippen LogP contribution in [0.4, 0.5) is 0 Å². The monoisotopic (exact) mass is 716 g/mol. The molecule has 0 saturated carbocycles. The molecule has 0 fully saturated rings. The van der Waals surface area contributed by atoms with E-state index in [9.17, 15) is 0 Å². The predicted octanol–water partition coefficient (Wildman–Crippen LogP) is 12.6. The van der Waals surface area contributed by atoms with Crippen molar-refractivity contribution < 1.29 is 4.42 Å². The molecule has 4 heterocycles. The van der Waals surface area contributed by atoms with E-state index < -0.39 is 0 Å². The Morgan fingerprint density at radius 3 is 1.96 bits per heavy atom. The lowest BCUT2D eigenvalue weighted by Crippen LogP contribution is -2.33. The highest BCUT2D eigenvalue weighted by Gasteiger charge is 2.25. The smallest absolute Gasteiger partial charge is 0.159 e. The fourth-order valence-corrected chi connectivity index (χ4v) is 8.89. The van der Waals surface area contributed by atoms with E-state index >= 15 is 0 Å². The van der Waals surface area contributed by atoms with E-state index in [1.807, 2.05) is 30.3 Å². The predicted molar refractivity (Wildman–Crippen MR) is 231 cm³/mol. The minimum atomic E-state index is -0.246. The van der Waals surface area contributed by atoms with Crippen molar-refractivity contribution in [1.29, 1.82) is 0 Å². The Bertz CT molecular complexity index is 3370. The number of hydrogen-bond donors (Lipinski definition) is 1. The number of benzene rings is 8. The van der Waals surface area contributed by atoms with E-state index in [1.54, 1.807) is 0 Å². The first kappa shape index (κ1) is 30.9. The topological polar surface area (TPSA) is 54.3 Å². The van der Waals surface area contributed by atoms with Crippen molar-refractivity contribution in [3.8, 4) is 22.3 Å². The Balaban J connectivity index is 1.03. The maximum atomic E-state index is 6.57. The first-order valence-corrected chi connectivity index (χ1v) is 19.0. The molecule has 11 aromatic rings. The zero-order chi connectivity index (χ0) is 36.7. The van der Waals surface area contributed by atoms with Crippen LogP contribution in [0.2, 0.25) is 0 Å². The standard InChI is InChI=1S/C51H32N4O/c1-3-13-32(14-4-1)49-52-50(33-15-5-2-6-16-33)54-51(53-49)34-27-25-31(26-28-34)35-29-30-39-37-19-11-20-38(46(37)55-43-23-9-7-18-42(43)45(35)47(39)55)41-22-12-21-40-36-17-8-10-24-44(36)56-48(40)41/h1-30,49H,(H,52,53,54). The Hall–Kier alpha value is -7.50. The van der Waals surface area contributed by atoms with Crippen molar-refractivity contribution in [2.45, 2.75) is 6.17 Å². The third-order valence-electron chi connectivity index (χ3n) is 11.4. The maximum Gasteiger partial charge on any atom is 0.159 e. The van der Waals surface area contributed by atoms with Gasteiger partial charge in [0.15, 0.2) is 5.84 Å². The van der Waals surface area contributed by atoms with Crippen LogP contribution in [0.3, 0.4) is 0 Å². The summed E-state index contributed by atoms with van der Waals surface area (Å²) in [5.41, 5.74) is 13.1.